The first-order chi connectivity index (χ1) is 19.9. The molecule has 0 aromatic rings. The molecule has 10 nitrogen and oxygen atoms in total. The maximum absolute atomic E-state index is 13.2. The number of ether oxygens (including phenoxy) is 4. The molecule has 1 atom stereocenters. The third-order valence-electron chi connectivity index (χ3n) is 6.87. The molecule has 3 N–H and O–H groups in total. The zero-order valence-electron chi connectivity index (χ0n) is 29.3. The Hall–Kier alpha value is -1.75. The molecule has 3 amide bonds. The molecular formula is C33H65N3O7. The summed E-state index contributed by atoms with van der Waals surface area (Å²) in [5.41, 5.74) is -0.785. The van der Waals surface area contributed by atoms with Crippen LogP contribution in [-0.4, -0.2) is 90.7 Å². The Kier molecular flexibility index (Phi) is 19.5. The molecule has 0 aromatic carbocycles. The molecule has 0 saturated heterocycles. The molecule has 0 aliphatic carbocycles. The van der Waals surface area contributed by atoms with Crippen LogP contribution in [0.5, 0.6) is 0 Å². The van der Waals surface area contributed by atoms with Gasteiger partial charge in [0.25, 0.3) is 0 Å². The van der Waals surface area contributed by atoms with E-state index in [2.05, 4.69) is 50.6 Å². The average Bonchev–Trinajstić information content (AvgIpc) is 2.88. The molecule has 0 saturated carbocycles. The summed E-state index contributed by atoms with van der Waals surface area (Å²) in [7, 11) is 3.35. The molecule has 0 aromatic heterocycles. The zero-order valence-corrected chi connectivity index (χ0v) is 29.3. The van der Waals surface area contributed by atoms with Crippen LogP contribution >= 0.6 is 0 Å². The molecular weight excluding hydrogens is 550 g/mol. The van der Waals surface area contributed by atoms with Gasteiger partial charge in [0.2, 0.25) is 17.7 Å². The predicted octanol–water partition coefficient (Wildman–Crippen LogP) is 4.49. The van der Waals surface area contributed by atoms with Gasteiger partial charge >= 0.3 is 0 Å². The summed E-state index contributed by atoms with van der Waals surface area (Å²) in [5.74, 6) is -0.637. The minimum absolute atomic E-state index is 0.0894. The van der Waals surface area contributed by atoms with Gasteiger partial charge in [0.05, 0.1) is 39.6 Å². The second kappa shape index (κ2) is 20.3. The summed E-state index contributed by atoms with van der Waals surface area (Å²) in [6.07, 6.45) is 3.40. The van der Waals surface area contributed by atoms with E-state index < -0.39 is 6.04 Å². The summed E-state index contributed by atoms with van der Waals surface area (Å²) < 4.78 is 22.4. The first-order valence-electron chi connectivity index (χ1n) is 15.8. The highest BCUT2D eigenvalue weighted by atomic mass is 16.5. The lowest BCUT2D eigenvalue weighted by Crippen LogP contribution is -2.49. The van der Waals surface area contributed by atoms with Gasteiger partial charge in [0, 0.05) is 61.8 Å². The molecule has 0 aliphatic rings. The zero-order chi connectivity index (χ0) is 33.2. The van der Waals surface area contributed by atoms with Gasteiger partial charge in [-0.2, -0.15) is 0 Å². The van der Waals surface area contributed by atoms with Crippen molar-refractivity contribution >= 4 is 17.7 Å². The Morgan fingerprint density at radius 1 is 0.605 bits per heavy atom. The maximum atomic E-state index is 13.2. The van der Waals surface area contributed by atoms with Crippen molar-refractivity contribution in [2.24, 2.45) is 21.7 Å². The highest BCUT2D eigenvalue weighted by Gasteiger charge is 2.27. The Labute approximate surface area is 262 Å². The van der Waals surface area contributed by atoms with Gasteiger partial charge in [-0.1, -0.05) is 75.2 Å². The average molecular weight is 616 g/mol. The smallest absolute Gasteiger partial charge is 0.242 e. The minimum atomic E-state index is -0.795. The Morgan fingerprint density at radius 2 is 1.07 bits per heavy atom. The minimum Gasteiger partial charge on any atom is -0.384 e. The van der Waals surface area contributed by atoms with Crippen LogP contribution in [0, 0.1) is 21.7 Å². The molecule has 0 unspecified atom stereocenters. The van der Waals surface area contributed by atoms with Crippen molar-refractivity contribution < 1.29 is 33.3 Å². The highest BCUT2D eigenvalue weighted by Crippen LogP contribution is 2.21. The fourth-order valence-electron chi connectivity index (χ4n) is 4.40. The first kappa shape index (κ1) is 41.2. The van der Waals surface area contributed by atoms with E-state index in [9.17, 15) is 14.4 Å². The van der Waals surface area contributed by atoms with Crippen molar-refractivity contribution in [3.8, 4) is 0 Å². The summed E-state index contributed by atoms with van der Waals surface area (Å²) in [6, 6.07) is -0.795. The van der Waals surface area contributed by atoms with Crippen molar-refractivity contribution in [3.63, 3.8) is 0 Å². The standard InChI is InChI=1S/C33H65N3O7/c1-12-13-14-15-28(38)36-26(29(39)35-19-31(4,5)23-43-25-33(8,9)21-41-11)16-17-27(37)34-18-30(2,3)22-42-24-32(6,7)20-40-10/h26H,12-25H2,1-11H3,(H,34,37)(H,35,39)(H,36,38)/t26-/m1/s1. The summed E-state index contributed by atoms with van der Waals surface area (Å²) in [6.45, 7) is 22.6. The van der Waals surface area contributed by atoms with E-state index in [4.69, 9.17) is 18.9 Å². The fourth-order valence-corrected chi connectivity index (χ4v) is 4.40. The van der Waals surface area contributed by atoms with E-state index in [1.165, 1.54) is 0 Å². The Morgan fingerprint density at radius 3 is 1.53 bits per heavy atom. The number of hydrogen-bond acceptors (Lipinski definition) is 7. The predicted molar refractivity (Wildman–Crippen MR) is 172 cm³/mol. The fraction of sp³-hybridized carbons (Fsp3) is 0.909. The van der Waals surface area contributed by atoms with Crippen LogP contribution in [0.3, 0.4) is 0 Å². The molecule has 0 fully saturated rings. The van der Waals surface area contributed by atoms with Crippen molar-refractivity contribution in [1.82, 2.24) is 16.0 Å². The van der Waals surface area contributed by atoms with Crippen LogP contribution in [-0.2, 0) is 33.3 Å². The number of carbonyl (C=O) groups excluding carboxylic acids is 3. The molecule has 0 bridgehead atoms. The molecule has 0 rings (SSSR count). The first-order valence-corrected chi connectivity index (χ1v) is 15.8. The van der Waals surface area contributed by atoms with Crippen molar-refractivity contribution in [3.05, 3.63) is 0 Å². The van der Waals surface area contributed by atoms with E-state index >= 15 is 0 Å². The largest absolute Gasteiger partial charge is 0.384 e. The van der Waals surface area contributed by atoms with Gasteiger partial charge in [0.1, 0.15) is 6.04 Å². The molecule has 254 valence electrons. The summed E-state index contributed by atoms with van der Waals surface area (Å²) in [4.78, 5) is 38.6. The summed E-state index contributed by atoms with van der Waals surface area (Å²) >= 11 is 0. The van der Waals surface area contributed by atoms with Crippen LogP contribution in [0.25, 0.3) is 0 Å². The van der Waals surface area contributed by atoms with Gasteiger partial charge in [-0.25, -0.2) is 0 Å². The molecule has 0 radical (unpaired) electrons. The van der Waals surface area contributed by atoms with Gasteiger partial charge in [0.15, 0.2) is 0 Å². The number of rotatable bonds is 25. The van der Waals surface area contributed by atoms with E-state index in [1.807, 2.05) is 27.7 Å². The van der Waals surface area contributed by atoms with Crippen LogP contribution in [0.15, 0.2) is 0 Å². The van der Waals surface area contributed by atoms with Gasteiger partial charge in [-0.3, -0.25) is 14.4 Å². The third kappa shape index (κ3) is 21.6. The lowest BCUT2D eigenvalue weighted by Gasteiger charge is -2.29. The van der Waals surface area contributed by atoms with E-state index in [0.29, 0.717) is 59.2 Å². The Bertz CT molecular complexity index is 812. The molecule has 0 spiro atoms. The van der Waals surface area contributed by atoms with Crippen LogP contribution in [0.1, 0.15) is 101 Å². The quantitative estimate of drug-likeness (QED) is 0.129. The number of carbonyl (C=O) groups is 3. The van der Waals surface area contributed by atoms with Gasteiger partial charge < -0.3 is 34.9 Å². The molecule has 0 aliphatic heterocycles. The van der Waals surface area contributed by atoms with Gasteiger partial charge in [-0.05, 0) is 12.8 Å². The maximum Gasteiger partial charge on any atom is 0.242 e. The van der Waals surface area contributed by atoms with Crippen LogP contribution in [0.4, 0.5) is 0 Å². The van der Waals surface area contributed by atoms with E-state index in [-0.39, 0.29) is 52.2 Å². The third-order valence-corrected chi connectivity index (χ3v) is 6.87. The number of amides is 3. The number of methoxy groups -OCH3 is 2. The highest BCUT2D eigenvalue weighted by molar-refractivity contribution is 5.88. The van der Waals surface area contributed by atoms with Crippen LogP contribution in [0.2, 0.25) is 0 Å². The Balaban J connectivity index is 4.98. The lowest BCUT2D eigenvalue weighted by molar-refractivity contribution is -0.130. The number of nitrogens with one attached hydrogen (secondary N) is 3. The van der Waals surface area contributed by atoms with Crippen molar-refractivity contribution in [1.29, 1.82) is 0 Å². The second-order valence-electron chi connectivity index (χ2n) is 15.1. The summed E-state index contributed by atoms with van der Waals surface area (Å²) in [5, 5.41) is 8.81. The number of unbranched alkanes of at least 4 members (excludes halogenated alkanes) is 2. The second-order valence-corrected chi connectivity index (χ2v) is 15.1. The van der Waals surface area contributed by atoms with Crippen molar-refractivity contribution in [2.45, 2.75) is 107 Å². The molecule has 10 heteroatoms. The molecule has 43 heavy (non-hydrogen) atoms. The van der Waals surface area contributed by atoms with Gasteiger partial charge in [-0.15, -0.1) is 0 Å². The van der Waals surface area contributed by atoms with E-state index in [1.54, 1.807) is 14.2 Å². The normalized spacial score (nSPS) is 13.5. The van der Waals surface area contributed by atoms with Crippen molar-refractivity contribution in [2.75, 3.05) is 67.0 Å². The SMILES string of the molecule is CCCCCC(=O)N[C@H](CCC(=O)NCC(C)(C)COCC(C)(C)COC)C(=O)NCC(C)(C)COCC(C)(C)COC. The lowest BCUT2D eigenvalue weighted by atomic mass is 9.93. The topological polar surface area (TPSA) is 124 Å². The van der Waals surface area contributed by atoms with Crippen LogP contribution < -0.4 is 16.0 Å². The van der Waals surface area contributed by atoms with E-state index in [0.717, 1.165) is 19.3 Å². The number of hydrogen-bond donors (Lipinski definition) is 3. The molecule has 0 heterocycles. The monoisotopic (exact) mass is 615 g/mol.